The molecule has 0 bridgehead atoms. The van der Waals surface area contributed by atoms with E-state index in [4.69, 9.17) is 5.11 Å². The van der Waals surface area contributed by atoms with Gasteiger partial charge in [0.15, 0.2) is 0 Å². The molecule has 2 unspecified atom stereocenters. The van der Waals surface area contributed by atoms with Gasteiger partial charge in [-0.2, -0.15) is 0 Å². The minimum atomic E-state index is -0.789. The molecular weight excluding hydrogens is 282 g/mol. The summed E-state index contributed by atoms with van der Waals surface area (Å²) in [6.07, 6.45) is 6.31. The van der Waals surface area contributed by atoms with E-state index in [9.17, 15) is 9.59 Å². The van der Waals surface area contributed by atoms with E-state index < -0.39 is 5.97 Å². The zero-order valence-corrected chi connectivity index (χ0v) is 13.7. The van der Waals surface area contributed by atoms with Crippen molar-refractivity contribution in [1.82, 2.24) is 15.5 Å². The fourth-order valence-corrected chi connectivity index (χ4v) is 3.79. The SMILES string of the molecule is CCC1CCCC1NC(=O)NC1CC(N(CC)CC(=O)O)C1. The molecule has 0 aromatic carbocycles. The largest absolute Gasteiger partial charge is 0.480 e. The number of carboxylic acid groups (broad SMARTS) is 1. The van der Waals surface area contributed by atoms with Crippen molar-refractivity contribution in [2.75, 3.05) is 13.1 Å². The van der Waals surface area contributed by atoms with Crippen molar-refractivity contribution < 1.29 is 14.7 Å². The van der Waals surface area contributed by atoms with Gasteiger partial charge in [-0.3, -0.25) is 9.69 Å². The van der Waals surface area contributed by atoms with Crippen LogP contribution in [-0.2, 0) is 4.79 Å². The molecule has 2 amide bonds. The first kappa shape index (κ1) is 17.1. The van der Waals surface area contributed by atoms with Gasteiger partial charge in [-0.05, 0) is 38.1 Å². The number of carbonyl (C=O) groups excluding carboxylic acids is 1. The molecule has 2 saturated carbocycles. The number of carbonyl (C=O) groups is 2. The molecule has 0 heterocycles. The first-order valence-corrected chi connectivity index (χ1v) is 8.56. The Morgan fingerprint density at radius 2 is 1.91 bits per heavy atom. The molecule has 22 heavy (non-hydrogen) atoms. The van der Waals surface area contributed by atoms with Gasteiger partial charge in [-0.25, -0.2) is 4.79 Å². The van der Waals surface area contributed by atoms with Gasteiger partial charge in [0.1, 0.15) is 0 Å². The number of amides is 2. The average Bonchev–Trinajstić information content (AvgIpc) is 2.87. The molecule has 0 radical (unpaired) electrons. The Hall–Kier alpha value is -1.30. The van der Waals surface area contributed by atoms with Crippen LogP contribution in [0.1, 0.15) is 52.4 Å². The van der Waals surface area contributed by atoms with Gasteiger partial charge >= 0.3 is 12.0 Å². The van der Waals surface area contributed by atoms with Gasteiger partial charge in [-0.15, -0.1) is 0 Å². The summed E-state index contributed by atoms with van der Waals surface area (Å²) in [5.41, 5.74) is 0. The van der Waals surface area contributed by atoms with Gasteiger partial charge in [-0.1, -0.05) is 26.7 Å². The molecule has 6 heteroatoms. The van der Waals surface area contributed by atoms with Crippen LogP contribution in [0.4, 0.5) is 4.79 Å². The van der Waals surface area contributed by atoms with Crippen LogP contribution in [-0.4, -0.2) is 53.2 Å². The standard InChI is InChI=1S/C16H29N3O3/c1-3-11-6-5-7-14(11)18-16(22)17-12-8-13(9-12)19(4-2)10-15(20)21/h11-14H,3-10H2,1-2H3,(H,20,21)(H2,17,18,22). The van der Waals surface area contributed by atoms with E-state index in [-0.39, 0.29) is 24.7 Å². The summed E-state index contributed by atoms with van der Waals surface area (Å²) in [5.74, 6) is -0.172. The summed E-state index contributed by atoms with van der Waals surface area (Å²) in [7, 11) is 0. The van der Waals surface area contributed by atoms with E-state index in [0.717, 1.165) is 32.2 Å². The van der Waals surface area contributed by atoms with Crippen LogP contribution in [0.15, 0.2) is 0 Å². The number of hydrogen-bond acceptors (Lipinski definition) is 3. The number of nitrogens with one attached hydrogen (secondary N) is 2. The third kappa shape index (κ3) is 4.35. The smallest absolute Gasteiger partial charge is 0.317 e. The molecule has 126 valence electrons. The lowest BCUT2D eigenvalue weighted by molar-refractivity contribution is -0.139. The fraction of sp³-hybridized carbons (Fsp3) is 0.875. The second kappa shape index (κ2) is 7.81. The number of urea groups is 1. The van der Waals surface area contributed by atoms with Crippen molar-refractivity contribution in [2.24, 2.45) is 5.92 Å². The van der Waals surface area contributed by atoms with Crippen LogP contribution in [0.2, 0.25) is 0 Å². The van der Waals surface area contributed by atoms with Gasteiger partial charge in [0, 0.05) is 18.1 Å². The van der Waals surface area contributed by atoms with Crippen LogP contribution in [0.5, 0.6) is 0 Å². The molecule has 0 saturated heterocycles. The van der Waals surface area contributed by atoms with Crippen LogP contribution in [0.25, 0.3) is 0 Å². The van der Waals surface area contributed by atoms with Crippen molar-refractivity contribution in [2.45, 2.75) is 70.5 Å². The van der Waals surface area contributed by atoms with Crippen molar-refractivity contribution >= 4 is 12.0 Å². The van der Waals surface area contributed by atoms with Gasteiger partial charge in [0.05, 0.1) is 6.54 Å². The highest BCUT2D eigenvalue weighted by Gasteiger charge is 2.35. The van der Waals surface area contributed by atoms with E-state index in [2.05, 4.69) is 17.6 Å². The first-order valence-electron chi connectivity index (χ1n) is 8.56. The van der Waals surface area contributed by atoms with Gasteiger partial charge in [0.25, 0.3) is 0 Å². The molecule has 2 aliphatic carbocycles. The molecule has 2 fully saturated rings. The van der Waals surface area contributed by atoms with E-state index in [0.29, 0.717) is 12.0 Å². The average molecular weight is 311 g/mol. The summed E-state index contributed by atoms with van der Waals surface area (Å²) >= 11 is 0. The molecule has 0 aromatic rings. The van der Waals surface area contributed by atoms with Crippen LogP contribution in [0, 0.1) is 5.92 Å². The highest BCUT2D eigenvalue weighted by Crippen LogP contribution is 2.28. The van der Waals surface area contributed by atoms with Crippen LogP contribution >= 0.6 is 0 Å². The lowest BCUT2D eigenvalue weighted by atomic mass is 9.85. The Morgan fingerprint density at radius 1 is 1.18 bits per heavy atom. The van der Waals surface area contributed by atoms with Gasteiger partial charge in [0.2, 0.25) is 0 Å². The number of nitrogens with zero attached hydrogens (tertiary/aromatic N) is 1. The molecular formula is C16H29N3O3. The minimum absolute atomic E-state index is 0.0601. The quantitative estimate of drug-likeness (QED) is 0.669. The van der Waals surface area contributed by atoms with E-state index in [1.54, 1.807) is 0 Å². The maximum atomic E-state index is 12.1. The predicted molar refractivity (Wildman–Crippen MR) is 84.8 cm³/mol. The predicted octanol–water partition coefficient (Wildman–Crippen LogP) is 1.80. The molecule has 3 N–H and O–H groups in total. The normalized spacial score (nSPS) is 30.9. The summed E-state index contributed by atoms with van der Waals surface area (Å²) in [5, 5.41) is 15.0. The van der Waals surface area contributed by atoms with Crippen LogP contribution < -0.4 is 10.6 Å². The summed E-state index contributed by atoms with van der Waals surface area (Å²) in [4.78, 5) is 24.8. The molecule has 0 aromatic heterocycles. The van der Waals surface area contributed by atoms with E-state index in [1.807, 2.05) is 11.8 Å². The van der Waals surface area contributed by atoms with Gasteiger partial charge < -0.3 is 15.7 Å². The molecule has 0 spiro atoms. The second-order valence-corrected chi connectivity index (χ2v) is 6.60. The molecule has 2 aliphatic rings. The second-order valence-electron chi connectivity index (χ2n) is 6.60. The van der Waals surface area contributed by atoms with Crippen molar-refractivity contribution in [3.05, 3.63) is 0 Å². The summed E-state index contributed by atoms with van der Waals surface area (Å²) in [6.45, 7) is 4.97. The molecule has 6 nitrogen and oxygen atoms in total. The molecule has 2 atom stereocenters. The number of carboxylic acids is 1. The maximum absolute atomic E-state index is 12.1. The minimum Gasteiger partial charge on any atom is -0.480 e. The number of rotatable bonds is 7. The number of hydrogen-bond donors (Lipinski definition) is 3. The van der Waals surface area contributed by atoms with E-state index in [1.165, 1.54) is 12.8 Å². The highest BCUT2D eigenvalue weighted by atomic mass is 16.4. The lowest BCUT2D eigenvalue weighted by Gasteiger charge is -2.42. The Labute approximate surface area is 132 Å². The maximum Gasteiger partial charge on any atom is 0.317 e. The Balaban J connectivity index is 1.68. The Morgan fingerprint density at radius 3 is 2.50 bits per heavy atom. The summed E-state index contributed by atoms with van der Waals surface area (Å²) in [6, 6.07) is 0.714. The Kier molecular flexibility index (Phi) is 6.06. The highest BCUT2D eigenvalue weighted by molar-refractivity contribution is 5.74. The number of aliphatic carboxylic acids is 1. The monoisotopic (exact) mass is 311 g/mol. The number of likely N-dealkylation sites (N-methyl/N-ethyl adjacent to an activating group) is 1. The van der Waals surface area contributed by atoms with Crippen LogP contribution in [0.3, 0.4) is 0 Å². The topological polar surface area (TPSA) is 81.7 Å². The van der Waals surface area contributed by atoms with E-state index >= 15 is 0 Å². The van der Waals surface area contributed by atoms with Crippen molar-refractivity contribution in [1.29, 1.82) is 0 Å². The summed E-state index contributed by atoms with van der Waals surface area (Å²) < 4.78 is 0. The zero-order chi connectivity index (χ0) is 16.1. The molecule has 0 aliphatic heterocycles. The first-order chi connectivity index (χ1) is 10.5. The third-order valence-electron chi connectivity index (χ3n) is 5.21. The lowest BCUT2D eigenvalue weighted by Crippen LogP contribution is -2.57. The molecule has 2 rings (SSSR count). The Bertz CT molecular complexity index is 396. The zero-order valence-electron chi connectivity index (χ0n) is 13.7. The third-order valence-corrected chi connectivity index (χ3v) is 5.21. The van der Waals surface area contributed by atoms with Crippen molar-refractivity contribution in [3.63, 3.8) is 0 Å². The fourth-order valence-electron chi connectivity index (χ4n) is 3.79. The van der Waals surface area contributed by atoms with Crippen molar-refractivity contribution in [3.8, 4) is 0 Å².